The molecule has 20 heavy (non-hydrogen) atoms. The molecule has 0 bridgehead atoms. The molecule has 2 N–H and O–H groups in total. The van der Waals surface area contributed by atoms with Gasteiger partial charge in [-0.25, -0.2) is 0 Å². The monoisotopic (exact) mass is 283 g/mol. The second-order valence-electron chi connectivity index (χ2n) is 6.46. The lowest BCUT2D eigenvalue weighted by Crippen LogP contribution is -2.57. The van der Waals surface area contributed by atoms with Gasteiger partial charge in [-0.1, -0.05) is 12.8 Å². The Bertz CT molecular complexity index is 325. The molecule has 1 aliphatic carbocycles. The van der Waals surface area contributed by atoms with Crippen molar-refractivity contribution in [3.8, 4) is 0 Å². The average Bonchev–Trinajstić information content (AvgIpc) is 2.44. The molecule has 2 fully saturated rings. The Morgan fingerprint density at radius 3 is 2.60 bits per heavy atom. The molecular formula is C15H29N3O2. The molecule has 0 aromatic heterocycles. The molecule has 0 radical (unpaired) electrons. The van der Waals surface area contributed by atoms with E-state index in [2.05, 4.69) is 4.90 Å². The van der Waals surface area contributed by atoms with E-state index in [0.29, 0.717) is 0 Å². The van der Waals surface area contributed by atoms with Gasteiger partial charge in [0.1, 0.15) is 0 Å². The third-order valence-electron chi connectivity index (χ3n) is 4.85. The predicted octanol–water partition coefficient (Wildman–Crippen LogP) is 0.685. The van der Waals surface area contributed by atoms with Crippen LogP contribution in [0.1, 0.15) is 32.6 Å². The molecule has 0 spiro atoms. The first-order valence-corrected chi connectivity index (χ1v) is 7.83. The number of piperazine rings is 1. The van der Waals surface area contributed by atoms with Gasteiger partial charge in [0.15, 0.2) is 0 Å². The summed E-state index contributed by atoms with van der Waals surface area (Å²) in [4.78, 5) is 17.1. The Morgan fingerprint density at radius 2 is 2.00 bits per heavy atom. The number of methoxy groups -OCH3 is 1. The molecule has 1 heterocycles. The van der Waals surface area contributed by atoms with E-state index < -0.39 is 0 Å². The van der Waals surface area contributed by atoms with Crippen LogP contribution in [0.4, 0.5) is 0 Å². The molecule has 2 unspecified atom stereocenters. The molecule has 2 rings (SSSR count). The van der Waals surface area contributed by atoms with Crippen LogP contribution >= 0.6 is 0 Å². The summed E-state index contributed by atoms with van der Waals surface area (Å²) in [6.45, 7) is 7.31. The number of amides is 1. The molecule has 5 heteroatoms. The van der Waals surface area contributed by atoms with Crippen molar-refractivity contribution in [2.24, 2.45) is 11.7 Å². The van der Waals surface area contributed by atoms with Gasteiger partial charge in [-0.3, -0.25) is 9.69 Å². The summed E-state index contributed by atoms with van der Waals surface area (Å²) in [5.74, 6) is 0.294. The number of hydrogen-bond acceptors (Lipinski definition) is 4. The quantitative estimate of drug-likeness (QED) is 0.824. The summed E-state index contributed by atoms with van der Waals surface area (Å²) in [6.07, 6.45) is 4.21. The van der Waals surface area contributed by atoms with Crippen molar-refractivity contribution in [1.29, 1.82) is 0 Å². The van der Waals surface area contributed by atoms with E-state index in [0.717, 1.165) is 65.0 Å². The molecule has 2 aliphatic rings. The lowest BCUT2D eigenvalue weighted by atomic mass is 9.74. The summed E-state index contributed by atoms with van der Waals surface area (Å²) in [6, 6.07) is 0. The Labute approximate surface area is 122 Å². The van der Waals surface area contributed by atoms with Gasteiger partial charge < -0.3 is 15.4 Å². The van der Waals surface area contributed by atoms with Crippen molar-refractivity contribution < 1.29 is 9.53 Å². The van der Waals surface area contributed by atoms with E-state index >= 15 is 0 Å². The highest BCUT2D eigenvalue weighted by molar-refractivity contribution is 5.80. The Balaban J connectivity index is 1.85. The predicted molar refractivity (Wildman–Crippen MR) is 79.4 cm³/mol. The topological polar surface area (TPSA) is 58.8 Å². The van der Waals surface area contributed by atoms with Crippen LogP contribution in [0.3, 0.4) is 0 Å². The van der Waals surface area contributed by atoms with Crippen molar-refractivity contribution >= 4 is 5.91 Å². The van der Waals surface area contributed by atoms with Gasteiger partial charge in [-0.05, 0) is 19.8 Å². The van der Waals surface area contributed by atoms with Crippen LogP contribution < -0.4 is 5.73 Å². The molecule has 5 nitrogen and oxygen atoms in total. The summed E-state index contributed by atoms with van der Waals surface area (Å²) in [5.41, 5.74) is 6.03. The van der Waals surface area contributed by atoms with Crippen molar-refractivity contribution in [3.63, 3.8) is 0 Å². The average molecular weight is 283 g/mol. The van der Waals surface area contributed by atoms with Gasteiger partial charge in [0.2, 0.25) is 5.91 Å². The number of nitrogens with two attached hydrogens (primary N) is 1. The van der Waals surface area contributed by atoms with Crippen LogP contribution in [-0.4, -0.2) is 67.7 Å². The van der Waals surface area contributed by atoms with E-state index in [1.807, 2.05) is 11.8 Å². The van der Waals surface area contributed by atoms with Gasteiger partial charge in [-0.2, -0.15) is 0 Å². The maximum absolute atomic E-state index is 12.7. The first-order chi connectivity index (χ1) is 9.54. The van der Waals surface area contributed by atoms with Crippen LogP contribution in [0.2, 0.25) is 0 Å². The molecule has 116 valence electrons. The zero-order valence-corrected chi connectivity index (χ0v) is 12.9. The lowest BCUT2D eigenvalue weighted by molar-refractivity contribution is -0.140. The zero-order valence-electron chi connectivity index (χ0n) is 12.9. The van der Waals surface area contributed by atoms with Gasteiger partial charge in [0, 0.05) is 45.4 Å². The molecule has 1 saturated heterocycles. The largest absolute Gasteiger partial charge is 0.383 e. The van der Waals surface area contributed by atoms with Gasteiger partial charge >= 0.3 is 0 Å². The second kappa shape index (κ2) is 6.87. The van der Waals surface area contributed by atoms with E-state index in [-0.39, 0.29) is 17.4 Å². The van der Waals surface area contributed by atoms with E-state index in [4.69, 9.17) is 10.5 Å². The second-order valence-corrected chi connectivity index (χ2v) is 6.46. The maximum atomic E-state index is 12.7. The molecule has 1 saturated carbocycles. The van der Waals surface area contributed by atoms with Crippen molar-refractivity contribution in [3.05, 3.63) is 0 Å². The van der Waals surface area contributed by atoms with Gasteiger partial charge in [0.05, 0.1) is 12.5 Å². The summed E-state index contributed by atoms with van der Waals surface area (Å²) in [7, 11) is 1.73. The normalized spacial score (nSPS) is 32.4. The summed E-state index contributed by atoms with van der Waals surface area (Å²) >= 11 is 0. The smallest absolute Gasteiger partial charge is 0.227 e. The van der Waals surface area contributed by atoms with Crippen LogP contribution in [0, 0.1) is 5.92 Å². The number of ether oxygens (including phenoxy) is 1. The highest BCUT2D eigenvalue weighted by atomic mass is 16.5. The number of carbonyl (C=O) groups is 1. The highest BCUT2D eigenvalue weighted by Gasteiger charge is 2.40. The fourth-order valence-electron chi connectivity index (χ4n) is 3.40. The van der Waals surface area contributed by atoms with E-state index in [1.54, 1.807) is 7.11 Å². The van der Waals surface area contributed by atoms with Crippen LogP contribution in [0.15, 0.2) is 0 Å². The van der Waals surface area contributed by atoms with E-state index in [1.165, 1.54) is 0 Å². The molecule has 1 aliphatic heterocycles. The Morgan fingerprint density at radius 1 is 1.30 bits per heavy atom. The summed E-state index contributed by atoms with van der Waals surface area (Å²) in [5, 5.41) is 0. The number of carbonyl (C=O) groups excluding carboxylic acids is 1. The minimum Gasteiger partial charge on any atom is -0.383 e. The molecule has 1 amide bonds. The Hall–Kier alpha value is -0.650. The lowest BCUT2D eigenvalue weighted by Gasteiger charge is -2.42. The summed E-state index contributed by atoms with van der Waals surface area (Å²) < 4.78 is 5.10. The first-order valence-electron chi connectivity index (χ1n) is 7.83. The highest BCUT2D eigenvalue weighted by Crippen LogP contribution is 2.33. The third-order valence-corrected chi connectivity index (χ3v) is 4.85. The van der Waals surface area contributed by atoms with Gasteiger partial charge in [0.25, 0.3) is 0 Å². The molecular weight excluding hydrogens is 254 g/mol. The van der Waals surface area contributed by atoms with Gasteiger partial charge in [-0.15, -0.1) is 0 Å². The number of hydrogen-bond donors (Lipinski definition) is 1. The Kier molecular flexibility index (Phi) is 5.41. The van der Waals surface area contributed by atoms with Crippen molar-refractivity contribution in [2.45, 2.75) is 38.1 Å². The van der Waals surface area contributed by atoms with Crippen molar-refractivity contribution in [2.75, 3.05) is 46.4 Å². The minimum absolute atomic E-state index is 0.0155. The van der Waals surface area contributed by atoms with E-state index in [9.17, 15) is 4.79 Å². The fraction of sp³-hybridized carbons (Fsp3) is 0.933. The van der Waals surface area contributed by atoms with Crippen LogP contribution in [0.5, 0.6) is 0 Å². The van der Waals surface area contributed by atoms with Crippen LogP contribution in [-0.2, 0) is 9.53 Å². The SMILES string of the molecule is COCCN1CCN(C(=O)C2CCCCC2(C)N)CC1. The molecule has 0 aromatic rings. The molecule has 0 aromatic carbocycles. The zero-order chi connectivity index (χ0) is 14.6. The first kappa shape index (κ1) is 15.7. The number of nitrogens with zero attached hydrogens (tertiary/aromatic N) is 2. The standard InChI is InChI=1S/C15H29N3O2/c1-15(16)6-4-3-5-13(15)14(19)18-9-7-17(8-10-18)11-12-20-2/h13H,3-12,16H2,1-2H3. The maximum Gasteiger partial charge on any atom is 0.227 e. The fourth-order valence-corrected chi connectivity index (χ4v) is 3.40. The van der Waals surface area contributed by atoms with Crippen LogP contribution in [0.25, 0.3) is 0 Å². The molecule has 2 atom stereocenters. The number of rotatable bonds is 4. The third kappa shape index (κ3) is 3.71. The minimum atomic E-state index is -0.317. The van der Waals surface area contributed by atoms with Crippen molar-refractivity contribution in [1.82, 2.24) is 9.80 Å².